The fraction of sp³-hybridized carbons (Fsp3) is 0.294. The zero-order valence-electron chi connectivity index (χ0n) is 11.8. The maximum atomic E-state index is 13.2. The molecular formula is C17H18BrFN2. The number of hydrogen-bond acceptors (Lipinski definition) is 2. The second kappa shape index (κ2) is 8.67. The van der Waals surface area contributed by atoms with Crippen molar-refractivity contribution in [3.05, 3.63) is 59.7 Å². The van der Waals surface area contributed by atoms with E-state index < -0.39 is 6.67 Å². The molecule has 2 nitrogen and oxygen atoms in total. The summed E-state index contributed by atoms with van der Waals surface area (Å²) in [6, 6.07) is 15.1. The standard InChI is InChI=1S/C17H18BrFN2/c18-12-5-4-10-16-14(13-19)7-6-11-17(16)21-20-15-8-2-1-3-9-15/h1-3,6-9,11H,4-5,10,12-13H2. The largest absolute Gasteiger partial charge is 0.246 e. The van der Waals surface area contributed by atoms with Gasteiger partial charge in [0.15, 0.2) is 0 Å². The predicted molar refractivity (Wildman–Crippen MR) is 88.6 cm³/mol. The molecule has 0 spiro atoms. The van der Waals surface area contributed by atoms with Gasteiger partial charge in [-0.2, -0.15) is 10.2 Å². The molecule has 0 amide bonds. The van der Waals surface area contributed by atoms with Gasteiger partial charge < -0.3 is 0 Å². The van der Waals surface area contributed by atoms with E-state index in [1.165, 1.54) is 0 Å². The minimum Gasteiger partial charge on any atom is -0.246 e. The molecule has 0 N–H and O–H groups in total. The van der Waals surface area contributed by atoms with Gasteiger partial charge in [-0.15, -0.1) is 0 Å². The highest BCUT2D eigenvalue weighted by molar-refractivity contribution is 9.09. The van der Waals surface area contributed by atoms with Crippen LogP contribution in [0.15, 0.2) is 58.8 Å². The van der Waals surface area contributed by atoms with Crippen LogP contribution in [0, 0.1) is 0 Å². The Hall–Kier alpha value is -1.55. The molecule has 0 radical (unpaired) electrons. The van der Waals surface area contributed by atoms with Crippen LogP contribution in [0.1, 0.15) is 24.0 Å². The number of nitrogens with zero attached hydrogens (tertiary/aromatic N) is 2. The maximum absolute atomic E-state index is 13.2. The highest BCUT2D eigenvalue weighted by Gasteiger charge is 2.08. The van der Waals surface area contributed by atoms with Crippen molar-refractivity contribution < 1.29 is 4.39 Å². The lowest BCUT2D eigenvalue weighted by Gasteiger charge is -2.09. The van der Waals surface area contributed by atoms with Crippen LogP contribution in [0.5, 0.6) is 0 Å². The number of benzene rings is 2. The van der Waals surface area contributed by atoms with E-state index in [0.29, 0.717) is 5.56 Å². The van der Waals surface area contributed by atoms with E-state index in [1.807, 2.05) is 48.5 Å². The number of unbranched alkanes of at least 4 members (excludes halogenated alkanes) is 1. The molecule has 4 heteroatoms. The first-order valence-electron chi connectivity index (χ1n) is 7.04. The smallest absolute Gasteiger partial charge is 0.115 e. The molecule has 0 heterocycles. The number of hydrogen-bond donors (Lipinski definition) is 0. The Bertz CT molecular complexity index is 585. The SMILES string of the molecule is FCc1cccc(N=Nc2ccccc2)c1CCCCBr. The van der Waals surface area contributed by atoms with Gasteiger partial charge in [-0.1, -0.05) is 46.3 Å². The van der Waals surface area contributed by atoms with Gasteiger partial charge in [0.2, 0.25) is 0 Å². The van der Waals surface area contributed by atoms with Crippen molar-refractivity contribution in [2.45, 2.75) is 25.9 Å². The van der Waals surface area contributed by atoms with Gasteiger partial charge in [0.25, 0.3) is 0 Å². The van der Waals surface area contributed by atoms with E-state index in [4.69, 9.17) is 0 Å². The number of alkyl halides is 2. The van der Waals surface area contributed by atoms with E-state index in [1.54, 1.807) is 0 Å². The van der Waals surface area contributed by atoms with Crippen molar-refractivity contribution in [2.24, 2.45) is 10.2 Å². The first kappa shape index (κ1) is 15.8. The molecular weight excluding hydrogens is 331 g/mol. The van der Waals surface area contributed by atoms with Crippen LogP contribution in [-0.4, -0.2) is 5.33 Å². The van der Waals surface area contributed by atoms with Crippen molar-refractivity contribution in [1.29, 1.82) is 0 Å². The summed E-state index contributed by atoms with van der Waals surface area (Å²) in [5.41, 5.74) is 3.26. The van der Waals surface area contributed by atoms with Crippen LogP contribution >= 0.6 is 15.9 Å². The highest BCUT2D eigenvalue weighted by atomic mass is 79.9. The van der Waals surface area contributed by atoms with Gasteiger partial charge in [-0.25, -0.2) is 4.39 Å². The van der Waals surface area contributed by atoms with E-state index in [-0.39, 0.29) is 0 Å². The second-order valence-corrected chi connectivity index (χ2v) is 5.52. The van der Waals surface area contributed by atoms with Crippen LogP contribution in [-0.2, 0) is 13.1 Å². The van der Waals surface area contributed by atoms with Gasteiger partial charge in [-0.05, 0) is 48.6 Å². The summed E-state index contributed by atoms with van der Waals surface area (Å²) in [4.78, 5) is 0. The molecule has 110 valence electrons. The molecule has 2 aromatic carbocycles. The Balaban J connectivity index is 2.23. The molecule has 0 unspecified atom stereocenters. The highest BCUT2D eigenvalue weighted by Crippen LogP contribution is 2.27. The summed E-state index contributed by atoms with van der Waals surface area (Å²) in [6.45, 7) is -0.460. The molecule has 0 atom stereocenters. The summed E-state index contributed by atoms with van der Waals surface area (Å²) in [7, 11) is 0. The lowest BCUT2D eigenvalue weighted by Crippen LogP contribution is -1.94. The van der Waals surface area contributed by atoms with Gasteiger partial charge in [0, 0.05) is 5.33 Å². The third-order valence-electron chi connectivity index (χ3n) is 3.23. The van der Waals surface area contributed by atoms with E-state index >= 15 is 0 Å². The number of rotatable bonds is 7. The molecule has 0 fully saturated rings. The van der Waals surface area contributed by atoms with Crippen LogP contribution < -0.4 is 0 Å². The van der Waals surface area contributed by atoms with Gasteiger partial charge in [0.1, 0.15) is 6.67 Å². The lowest BCUT2D eigenvalue weighted by molar-refractivity contribution is 0.482. The lowest BCUT2D eigenvalue weighted by atomic mass is 10.0. The van der Waals surface area contributed by atoms with E-state index in [9.17, 15) is 4.39 Å². The number of halogens is 2. The second-order valence-electron chi connectivity index (χ2n) is 4.73. The minimum absolute atomic E-state index is 0.460. The van der Waals surface area contributed by atoms with Gasteiger partial charge >= 0.3 is 0 Å². The average molecular weight is 349 g/mol. The zero-order chi connectivity index (χ0) is 14.9. The normalized spacial score (nSPS) is 11.1. The fourth-order valence-electron chi connectivity index (χ4n) is 2.13. The molecule has 0 aromatic heterocycles. The first-order chi connectivity index (χ1) is 10.3. The first-order valence-corrected chi connectivity index (χ1v) is 8.17. The molecule has 0 saturated carbocycles. The Labute approximate surface area is 133 Å². The Morgan fingerprint density at radius 1 is 0.905 bits per heavy atom. The van der Waals surface area contributed by atoms with Crippen LogP contribution in [0.2, 0.25) is 0 Å². The zero-order valence-corrected chi connectivity index (χ0v) is 13.4. The summed E-state index contributed by atoms with van der Waals surface area (Å²) in [5.74, 6) is 0. The third kappa shape index (κ3) is 4.74. The molecule has 0 aliphatic rings. The fourth-order valence-corrected chi connectivity index (χ4v) is 2.53. The molecule has 0 saturated heterocycles. The molecule has 2 rings (SSSR count). The molecule has 21 heavy (non-hydrogen) atoms. The topological polar surface area (TPSA) is 24.7 Å². The van der Waals surface area contributed by atoms with Gasteiger partial charge in [-0.3, -0.25) is 0 Å². The van der Waals surface area contributed by atoms with E-state index in [0.717, 1.165) is 41.5 Å². The Morgan fingerprint density at radius 3 is 2.43 bits per heavy atom. The van der Waals surface area contributed by atoms with Gasteiger partial charge in [0.05, 0.1) is 11.4 Å². The van der Waals surface area contributed by atoms with Crippen LogP contribution in [0.3, 0.4) is 0 Å². The third-order valence-corrected chi connectivity index (χ3v) is 3.79. The monoisotopic (exact) mass is 348 g/mol. The molecule has 2 aromatic rings. The van der Waals surface area contributed by atoms with Crippen molar-refractivity contribution in [2.75, 3.05) is 5.33 Å². The molecule has 0 aliphatic carbocycles. The Morgan fingerprint density at radius 2 is 1.71 bits per heavy atom. The predicted octanol–water partition coefficient (Wildman–Crippen LogP) is 6.29. The van der Waals surface area contributed by atoms with Crippen molar-refractivity contribution in [3.8, 4) is 0 Å². The van der Waals surface area contributed by atoms with Crippen molar-refractivity contribution >= 4 is 27.3 Å². The quantitative estimate of drug-likeness (QED) is 0.319. The summed E-state index contributed by atoms with van der Waals surface area (Å²) < 4.78 is 13.2. The number of azo groups is 1. The summed E-state index contributed by atoms with van der Waals surface area (Å²) >= 11 is 3.42. The van der Waals surface area contributed by atoms with Crippen LogP contribution in [0.25, 0.3) is 0 Å². The molecule has 0 bridgehead atoms. The average Bonchev–Trinajstić information content (AvgIpc) is 2.54. The Kier molecular flexibility index (Phi) is 6.54. The summed E-state index contributed by atoms with van der Waals surface area (Å²) in [6.07, 6.45) is 2.90. The molecule has 0 aliphatic heterocycles. The maximum Gasteiger partial charge on any atom is 0.115 e. The van der Waals surface area contributed by atoms with Crippen molar-refractivity contribution in [1.82, 2.24) is 0 Å². The van der Waals surface area contributed by atoms with Crippen LogP contribution in [0.4, 0.5) is 15.8 Å². The van der Waals surface area contributed by atoms with Crippen molar-refractivity contribution in [3.63, 3.8) is 0 Å². The minimum atomic E-state index is -0.460. The van der Waals surface area contributed by atoms with E-state index in [2.05, 4.69) is 26.2 Å². The summed E-state index contributed by atoms with van der Waals surface area (Å²) in [5, 5.41) is 9.51.